The first-order valence-electron chi connectivity index (χ1n) is 10.6. The van der Waals surface area contributed by atoms with Crippen molar-refractivity contribution in [2.45, 2.75) is 50.6 Å². The number of nitrogens with zero attached hydrogens (tertiary/aromatic N) is 4. The minimum atomic E-state index is -4.12. The number of benzene rings is 1. The lowest BCUT2D eigenvalue weighted by Crippen LogP contribution is -2.51. The highest BCUT2D eigenvalue weighted by Crippen LogP contribution is 2.21. The third-order valence-corrected chi connectivity index (χ3v) is 7.35. The van der Waals surface area contributed by atoms with Crippen LogP contribution in [0.1, 0.15) is 43.0 Å². The summed E-state index contributed by atoms with van der Waals surface area (Å²) in [6, 6.07) is 11.0. The maximum Gasteiger partial charge on any atom is 0.242 e. The number of hydrogen-bond donors (Lipinski definition) is 1. The molecule has 1 aromatic carbocycles. The van der Waals surface area contributed by atoms with Crippen LogP contribution in [0.3, 0.4) is 0 Å². The largest absolute Gasteiger partial charge is 0.341 e. The molecule has 168 valence electrons. The number of aromatic nitrogens is 1. The molecule has 1 fully saturated rings. The second-order valence-electron chi connectivity index (χ2n) is 8.28. The molecule has 1 amide bonds. The third kappa shape index (κ3) is 5.37. The van der Waals surface area contributed by atoms with E-state index in [1.807, 2.05) is 6.07 Å². The normalized spacial score (nSPS) is 15.7. The molecule has 1 aromatic heterocycles. The highest BCUT2D eigenvalue weighted by atomic mass is 32.2. The Labute approximate surface area is 189 Å². The van der Waals surface area contributed by atoms with Gasteiger partial charge in [-0.2, -0.15) is 15.2 Å². The molecule has 8 nitrogen and oxygen atoms in total. The standard InChI is InChI=1S/C23H27N5O3S/c1-17-7-11-28(12-8-17)23(29)21(9-13-27-10-3-4-20(27)16-25)26-32(30,31)22-14-18(2)5-6-19(22)15-24/h3-6,10,14,17,21,26H,7-9,11-13H2,1-2H3. The number of carbonyl (C=O) groups is 1. The number of rotatable bonds is 7. The van der Waals surface area contributed by atoms with Gasteiger partial charge in [-0.3, -0.25) is 4.79 Å². The monoisotopic (exact) mass is 453 g/mol. The zero-order valence-corrected chi connectivity index (χ0v) is 19.1. The van der Waals surface area contributed by atoms with Crippen molar-refractivity contribution in [3.05, 3.63) is 53.3 Å². The van der Waals surface area contributed by atoms with E-state index < -0.39 is 16.1 Å². The first kappa shape index (κ1) is 23.5. The smallest absolute Gasteiger partial charge is 0.242 e. The van der Waals surface area contributed by atoms with Gasteiger partial charge >= 0.3 is 0 Å². The van der Waals surface area contributed by atoms with Gasteiger partial charge in [-0.05, 0) is 61.9 Å². The van der Waals surface area contributed by atoms with Crippen LogP contribution in [0.4, 0.5) is 0 Å². The summed E-state index contributed by atoms with van der Waals surface area (Å²) in [7, 11) is -4.12. The summed E-state index contributed by atoms with van der Waals surface area (Å²) in [5, 5.41) is 18.6. The quantitative estimate of drug-likeness (QED) is 0.691. The molecule has 0 aliphatic carbocycles. The molecule has 0 saturated carbocycles. The molecule has 3 rings (SSSR count). The van der Waals surface area contributed by atoms with Gasteiger partial charge in [0.15, 0.2) is 0 Å². The summed E-state index contributed by atoms with van der Waals surface area (Å²) in [6.07, 6.45) is 3.66. The number of piperidine rings is 1. The van der Waals surface area contributed by atoms with E-state index in [4.69, 9.17) is 0 Å². The van der Waals surface area contributed by atoms with Crippen molar-refractivity contribution in [3.63, 3.8) is 0 Å². The molecular weight excluding hydrogens is 426 g/mol. The van der Waals surface area contributed by atoms with Crippen molar-refractivity contribution >= 4 is 15.9 Å². The summed E-state index contributed by atoms with van der Waals surface area (Å²) < 4.78 is 30.7. The lowest BCUT2D eigenvalue weighted by atomic mass is 9.98. The van der Waals surface area contributed by atoms with Crippen LogP contribution in [0.25, 0.3) is 0 Å². The van der Waals surface area contributed by atoms with E-state index >= 15 is 0 Å². The number of likely N-dealkylation sites (tertiary alicyclic amines) is 1. The highest BCUT2D eigenvalue weighted by molar-refractivity contribution is 7.89. The first-order chi connectivity index (χ1) is 15.2. The third-order valence-electron chi connectivity index (χ3n) is 5.84. The number of amides is 1. The fourth-order valence-corrected chi connectivity index (χ4v) is 5.32. The predicted octanol–water partition coefficient (Wildman–Crippen LogP) is 2.54. The second kappa shape index (κ2) is 9.99. The molecule has 9 heteroatoms. The Kier molecular flexibility index (Phi) is 7.34. The van der Waals surface area contributed by atoms with E-state index in [2.05, 4.69) is 17.7 Å². The van der Waals surface area contributed by atoms with Gasteiger partial charge in [0.25, 0.3) is 0 Å². The van der Waals surface area contributed by atoms with E-state index in [0.29, 0.717) is 36.8 Å². The molecular formula is C23H27N5O3S. The van der Waals surface area contributed by atoms with Crippen molar-refractivity contribution < 1.29 is 13.2 Å². The van der Waals surface area contributed by atoms with E-state index in [9.17, 15) is 23.7 Å². The van der Waals surface area contributed by atoms with Gasteiger partial charge in [0.05, 0.1) is 5.56 Å². The van der Waals surface area contributed by atoms with Gasteiger partial charge in [0, 0.05) is 25.8 Å². The number of sulfonamides is 1. The van der Waals surface area contributed by atoms with E-state index in [0.717, 1.165) is 12.8 Å². The van der Waals surface area contributed by atoms with Crippen LogP contribution in [0.2, 0.25) is 0 Å². The number of nitrogens with one attached hydrogen (secondary N) is 1. The van der Waals surface area contributed by atoms with Crippen LogP contribution >= 0.6 is 0 Å². The van der Waals surface area contributed by atoms with E-state index in [1.165, 1.54) is 12.1 Å². The molecule has 32 heavy (non-hydrogen) atoms. The first-order valence-corrected chi connectivity index (χ1v) is 12.1. The molecule has 0 radical (unpaired) electrons. The van der Waals surface area contributed by atoms with Gasteiger partial charge in [-0.15, -0.1) is 0 Å². The van der Waals surface area contributed by atoms with Crippen LogP contribution in [0, 0.1) is 35.5 Å². The van der Waals surface area contributed by atoms with Crippen LogP contribution in [-0.4, -0.2) is 42.9 Å². The molecule has 1 saturated heterocycles. The lowest BCUT2D eigenvalue weighted by Gasteiger charge is -2.33. The SMILES string of the molecule is Cc1ccc(C#N)c(S(=O)(=O)NC(CCn2cccc2C#N)C(=O)N2CCC(C)CC2)c1. The molecule has 1 atom stereocenters. The van der Waals surface area contributed by atoms with Gasteiger partial charge in [0.1, 0.15) is 28.8 Å². The van der Waals surface area contributed by atoms with Crippen molar-refractivity contribution in [1.29, 1.82) is 10.5 Å². The van der Waals surface area contributed by atoms with Crippen LogP contribution < -0.4 is 4.72 Å². The fourth-order valence-electron chi connectivity index (χ4n) is 3.86. The average molecular weight is 454 g/mol. The van der Waals surface area contributed by atoms with Gasteiger partial charge in [-0.1, -0.05) is 13.0 Å². The minimum absolute atomic E-state index is 0.0262. The maximum absolute atomic E-state index is 13.3. The number of nitriles is 2. The van der Waals surface area contributed by atoms with Crippen LogP contribution in [0.5, 0.6) is 0 Å². The van der Waals surface area contributed by atoms with Crippen molar-refractivity contribution in [2.24, 2.45) is 5.92 Å². The highest BCUT2D eigenvalue weighted by Gasteiger charge is 2.32. The van der Waals surface area contributed by atoms with Crippen molar-refractivity contribution in [3.8, 4) is 12.1 Å². The number of carbonyl (C=O) groups excluding carboxylic acids is 1. The summed E-state index contributed by atoms with van der Waals surface area (Å²) >= 11 is 0. The van der Waals surface area contributed by atoms with Crippen molar-refractivity contribution in [2.75, 3.05) is 13.1 Å². The Morgan fingerprint density at radius 1 is 1.22 bits per heavy atom. The zero-order chi connectivity index (χ0) is 23.3. The topological polar surface area (TPSA) is 119 Å². The summed E-state index contributed by atoms with van der Waals surface area (Å²) in [5.74, 6) is 0.245. The van der Waals surface area contributed by atoms with Gasteiger partial charge < -0.3 is 9.47 Å². The van der Waals surface area contributed by atoms with Gasteiger partial charge in [-0.25, -0.2) is 8.42 Å². The van der Waals surface area contributed by atoms with Gasteiger partial charge in [0.2, 0.25) is 15.9 Å². The fraction of sp³-hybridized carbons (Fsp3) is 0.435. The maximum atomic E-state index is 13.3. The van der Waals surface area contributed by atoms with Crippen LogP contribution in [-0.2, 0) is 21.4 Å². The predicted molar refractivity (Wildman–Crippen MR) is 119 cm³/mol. The number of aryl methyl sites for hydroxylation is 2. The zero-order valence-electron chi connectivity index (χ0n) is 18.3. The molecule has 2 heterocycles. The molecule has 1 aliphatic heterocycles. The Morgan fingerprint density at radius 2 is 1.94 bits per heavy atom. The Bertz CT molecular complexity index is 1160. The molecule has 1 N–H and O–H groups in total. The Balaban J connectivity index is 1.88. The Morgan fingerprint density at radius 3 is 2.59 bits per heavy atom. The summed E-state index contributed by atoms with van der Waals surface area (Å²) in [5.41, 5.74) is 1.16. The Hall–Kier alpha value is -3.14. The summed E-state index contributed by atoms with van der Waals surface area (Å²) in [4.78, 5) is 14.9. The minimum Gasteiger partial charge on any atom is -0.341 e. The lowest BCUT2D eigenvalue weighted by molar-refractivity contribution is -0.134. The molecule has 0 spiro atoms. The van der Waals surface area contributed by atoms with E-state index in [1.54, 1.807) is 40.8 Å². The van der Waals surface area contributed by atoms with Crippen LogP contribution in [0.15, 0.2) is 41.4 Å². The van der Waals surface area contributed by atoms with Crippen molar-refractivity contribution in [1.82, 2.24) is 14.2 Å². The number of hydrogen-bond acceptors (Lipinski definition) is 5. The molecule has 0 bridgehead atoms. The summed E-state index contributed by atoms with van der Waals surface area (Å²) in [6.45, 7) is 5.35. The molecule has 2 aromatic rings. The molecule has 1 aliphatic rings. The van der Waals surface area contributed by atoms with E-state index in [-0.39, 0.29) is 22.8 Å². The second-order valence-corrected chi connectivity index (χ2v) is 9.96. The average Bonchev–Trinajstić information content (AvgIpc) is 3.24. The molecule has 1 unspecified atom stereocenters.